The van der Waals surface area contributed by atoms with Crippen LogP contribution in [0.15, 0.2) is 12.1 Å². The van der Waals surface area contributed by atoms with E-state index in [4.69, 9.17) is 9.47 Å². The number of nitrogens with one attached hydrogen (secondary N) is 1. The van der Waals surface area contributed by atoms with Crippen LogP contribution in [0.5, 0.6) is 11.5 Å². The number of aliphatic carboxylic acids is 2. The van der Waals surface area contributed by atoms with E-state index in [1.807, 2.05) is 6.07 Å². The van der Waals surface area contributed by atoms with E-state index >= 15 is 0 Å². The largest absolute Gasteiger partial charge is 0.504 e. The van der Waals surface area contributed by atoms with Gasteiger partial charge in [-0.3, -0.25) is 14.9 Å². The van der Waals surface area contributed by atoms with Gasteiger partial charge in [-0.25, -0.2) is 0 Å². The summed E-state index contributed by atoms with van der Waals surface area (Å²) in [6, 6.07) is 2.14. The van der Waals surface area contributed by atoms with Crippen molar-refractivity contribution in [3.05, 3.63) is 23.3 Å². The van der Waals surface area contributed by atoms with Crippen LogP contribution >= 0.6 is 24.8 Å². The molecule has 33 heavy (non-hydrogen) atoms. The summed E-state index contributed by atoms with van der Waals surface area (Å²) in [7, 11) is 3.84. The van der Waals surface area contributed by atoms with Gasteiger partial charge in [-0.15, -0.1) is 24.8 Å². The maximum atomic E-state index is 11.7. The molecule has 5 rings (SSSR count). The minimum Gasteiger partial charge on any atom is -0.504 e. The van der Waals surface area contributed by atoms with Crippen molar-refractivity contribution < 1.29 is 34.4 Å². The van der Waals surface area contributed by atoms with Gasteiger partial charge < -0.3 is 29.7 Å². The number of aromatic hydroxyl groups is 1. The van der Waals surface area contributed by atoms with E-state index in [0.717, 1.165) is 30.5 Å². The van der Waals surface area contributed by atoms with E-state index in [1.165, 1.54) is 0 Å². The molecule has 0 aromatic heterocycles. The van der Waals surface area contributed by atoms with Crippen molar-refractivity contribution in [2.45, 2.75) is 67.3 Å². The zero-order valence-electron chi connectivity index (χ0n) is 18.4. The van der Waals surface area contributed by atoms with Crippen molar-refractivity contribution >= 4 is 36.8 Å². The second-order valence-electron chi connectivity index (χ2n) is 9.30. The Bertz CT molecular complexity index is 963. The second kappa shape index (κ2) is 8.78. The van der Waals surface area contributed by atoms with E-state index in [9.17, 15) is 24.9 Å². The Morgan fingerprint density at radius 1 is 1.30 bits per heavy atom. The van der Waals surface area contributed by atoms with Crippen molar-refractivity contribution in [1.82, 2.24) is 10.2 Å². The number of phenols is 1. The summed E-state index contributed by atoms with van der Waals surface area (Å²) in [5.74, 6) is -1.84. The van der Waals surface area contributed by atoms with E-state index in [2.05, 4.69) is 17.3 Å². The molecule has 1 aromatic carbocycles. The fourth-order valence-corrected chi connectivity index (χ4v) is 6.96. The number of phenolic OH excluding ortho intramolecular Hbond substituents is 1. The highest BCUT2D eigenvalue weighted by Gasteiger charge is 2.73. The van der Waals surface area contributed by atoms with Gasteiger partial charge >= 0.3 is 11.9 Å². The molecule has 0 radical (unpaired) electrons. The first-order valence-corrected chi connectivity index (χ1v) is 10.7. The summed E-state index contributed by atoms with van der Waals surface area (Å²) >= 11 is 0. The number of halogens is 2. The van der Waals surface area contributed by atoms with Crippen LogP contribution in [0.3, 0.4) is 0 Å². The van der Waals surface area contributed by atoms with Crippen molar-refractivity contribution in [1.29, 1.82) is 0 Å². The van der Waals surface area contributed by atoms with Crippen LogP contribution in [0.4, 0.5) is 0 Å². The minimum absolute atomic E-state index is 0. The van der Waals surface area contributed by atoms with Gasteiger partial charge in [0.15, 0.2) is 11.5 Å². The third-order valence-corrected chi connectivity index (χ3v) is 8.15. The smallest absolute Gasteiger partial charge is 0.321 e. The monoisotopic (exact) mass is 504 g/mol. The zero-order chi connectivity index (χ0) is 22.1. The summed E-state index contributed by atoms with van der Waals surface area (Å²) < 4.78 is 12.8. The van der Waals surface area contributed by atoms with Crippen LogP contribution in [0.25, 0.3) is 0 Å². The van der Waals surface area contributed by atoms with Crippen LogP contribution in [0.2, 0.25) is 0 Å². The van der Waals surface area contributed by atoms with Crippen LogP contribution in [-0.2, 0) is 26.2 Å². The van der Waals surface area contributed by atoms with Gasteiger partial charge in [0, 0.05) is 24.8 Å². The normalized spacial score (nSPS) is 34.2. The van der Waals surface area contributed by atoms with Gasteiger partial charge in [0.05, 0.1) is 17.4 Å². The Hall–Kier alpha value is -1.78. The average molecular weight is 505 g/mol. The standard InChI is InChI=1S/C22H28N2O7.2ClH/c1-24-8-7-21-17-11-3-4-14(25)18(17)31-19(21)12(23-13(20(28)29)10-16(26)27)5-6-22(21,30-2)15(24)9-11;;/h3-4,12-13,15,19,23,25H,5-10H2,1-2H3,(H,26,27)(H,28,29);2*1H/t12?,13-,15+,19?,21-,22+;;/m0../s1. The van der Waals surface area contributed by atoms with Crippen molar-refractivity contribution in [2.24, 2.45) is 0 Å². The maximum absolute atomic E-state index is 11.7. The molecular weight excluding hydrogens is 475 g/mol. The summed E-state index contributed by atoms with van der Waals surface area (Å²) in [5.41, 5.74) is 1.05. The molecule has 2 bridgehead atoms. The predicted molar refractivity (Wildman–Crippen MR) is 123 cm³/mol. The lowest BCUT2D eigenvalue weighted by Crippen LogP contribution is -2.78. The topological polar surface area (TPSA) is 129 Å². The van der Waals surface area contributed by atoms with E-state index < -0.39 is 41.5 Å². The number of piperidine rings is 1. The SMILES string of the molecule is CO[C@@]12CCC(N[C@@H](CC(=O)O)C(=O)O)C3Oc4c(O)ccc5c4[C@@]31CCN(C)[C@@H]2C5.Cl.Cl. The Morgan fingerprint density at radius 3 is 2.67 bits per heavy atom. The van der Waals surface area contributed by atoms with Crippen LogP contribution in [-0.4, -0.2) is 82.7 Å². The second-order valence-corrected chi connectivity index (χ2v) is 9.30. The number of likely N-dealkylation sites (tertiary alicyclic amines) is 1. The molecule has 11 heteroatoms. The molecule has 2 aliphatic heterocycles. The molecular formula is C22H30Cl2N2O7. The number of likely N-dealkylation sites (N-methyl/N-ethyl adjacent to an activating group) is 1. The molecule has 2 heterocycles. The van der Waals surface area contributed by atoms with Gasteiger partial charge in [-0.05, 0) is 50.9 Å². The Labute approximate surface area is 204 Å². The summed E-state index contributed by atoms with van der Waals surface area (Å²) in [6.45, 7) is 0.828. The Balaban J connectivity index is 0.00000153. The Kier molecular flexibility index (Phi) is 6.87. The third-order valence-electron chi connectivity index (χ3n) is 8.15. The Morgan fingerprint density at radius 2 is 2.03 bits per heavy atom. The highest BCUT2D eigenvalue weighted by atomic mass is 35.5. The molecule has 1 aromatic rings. The number of carbonyl (C=O) groups is 2. The molecule has 4 aliphatic rings. The van der Waals surface area contributed by atoms with Gasteiger partial charge in [0.25, 0.3) is 0 Å². The first-order chi connectivity index (χ1) is 14.7. The van der Waals surface area contributed by atoms with Crippen LogP contribution in [0.1, 0.15) is 36.8 Å². The summed E-state index contributed by atoms with van der Waals surface area (Å²) in [6.07, 6.45) is 1.82. The van der Waals surface area contributed by atoms with Gasteiger partial charge in [0.2, 0.25) is 0 Å². The lowest BCUT2D eigenvalue weighted by molar-refractivity contribution is -0.204. The highest BCUT2D eigenvalue weighted by molar-refractivity contribution is 5.85. The molecule has 2 aliphatic carbocycles. The zero-order valence-corrected chi connectivity index (χ0v) is 20.1. The fourth-order valence-electron chi connectivity index (χ4n) is 6.96. The first-order valence-electron chi connectivity index (χ1n) is 10.7. The number of nitrogens with zero attached hydrogens (tertiary/aromatic N) is 1. The number of rotatable bonds is 6. The molecule has 2 fully saturated rings. The molecule has 184 valence electrons. The number of hydrogen-bond donors (Lipinski definition) is 4. The van der Waals surface area contributed by atoms with Crippen molar-refractivity contribution in [3.8, 4) is 11.5 Å². The van der Waals surface area contributed by atoms with E-state index in [-0.39, 0.29) is 42.6 Å². The van der Waals surface area contributed by atoms with Gasteiger partial charge in [-0.2, -0.15) is 0 Å². The average Bonchev–Trinajstić information content (AvgIpc) is 3.08. The van der Waals surface area contributed by atoms with Crippen LogP contribution < -0.4 is 10.1 Å². The minimum atomic E-state index is -1.22. The number of methoxy groups -OCH3 is 1. The molecule has 6 atom stereocenters. The molecule has 1 saturated carbocycles. The molecule has 4 N–H and O–H groups in total. The highest BCUT2D eigenvalue weighted by Crippen LogP contribution is 2.66. The van der Waals surface area contributed by atoms with Crippen molar-refractivity contribution in [2.75, 3.05) is 20.7 Å². The van der Waals surface area contributed by atoms with E-state index in [0.29, 0.717) is 18.6 Å². The quantitative estimate of drug-likeness (QED) is 0.455. The third kappa shape index (κ3) is 3.31. The first kappa shape index (κ1) is 25.8. The predicted octanol–water partition coefficient (Wildman–Crippen LogP) is 1.56. The lowest BCUT2D eigenvalue weighted by Gasteiger charge is -2.65. The molecule has 2 unspecified atom stereocenters. The van der Waals surface area contributed by atoms with Gasteiger partial charge in [-0.1, -0.05) is 6.07 Å². The fraction of sp³-hybridized carbons (Fsp3) is 0.636. The van der Waals surface area contributed by atoms with E-state index in [1.54, 1.807) is 13.2 Å². The molecule has 1 saturated heterocycles. The van der Waals surface area contributed by atoms with Crippen LogP contribution in [0, 0.1) is 0 Å². The number of benzene rings is 1. The molecule has 9 nitrogen and oxygen atoms in total. The number of hydrogen-bond acceptors (Lipinski definition) is 7. The van der Waals surface area contributed by atoms with Gasteiger partial charge in [0.1, 0.15) is 12.1 Å². The number of carboxylic acids is 2. The molecule has 1 spiro atoms. The van der Waals surface area contributed by atoms with Crippen molar-refractivity contribution in [3.63, 3.8) is 0 Å². The lowest BCUT2D eigenvalue weighted by atomic mass is 9.48. The maximum Gasteiger partial charge on any atom is 0.321 e. The summed E-state index contributed by atoms with van der Waals surface area (Å²) in [5, 5.41) is 32.5. The molecule has 0 amide bonds. The number of ether oxygens (including phenoxy) is 2. The number of carboxylic acid groups (broad SMARTS) is 2. The summed E-state index contributed by atoms with van der Waals surface area (Å²) in [4.78, 5) is 25.3.